The minimum Gasteiger partial charge on any atom is -0.490 e. The number of rotatable bonds is 9. The van der Waals surface area contributed by atoms with E-state index in [-0.39, 0.29) is 6.61 Å². The Balaban J connectivity index is 1.82. The molecular formula is C19H21ClN2O5. The van der Waals surface area contributed by atoms with Gasteiger partial charge in [-0.05, 0) is 37.6 Å². The van der Waals surface area contributed by atoms with Gasteiger partial charge in [0.15, 0.2) is 24.2 Å². The number of anilines is 1. The number of aromatic nitrogens is 1. The number of halogens is 1. The molecule has 2 rings (SSSR count). The highest BCUT2D eigenvalue weighted by Gasteiger charge is 2.19. The van der Waals surface area contributed by atoms with Crippen LogP contribution in [-0.4, -0.2) is 36.2 Å². The molecule has 1 aromatic heterocycles. The molecule has 1 N–H and O–H groups in total. The van der Waals surface area contributed by atoms with E-state index in [2.05, 4.69) is 10.3 Å². The van der Waals surface area contributed by atoms with Gasteiger partial charge in [-0.25, -0.2) is 9.78 Å². The Kier molecular flexibility index (Phi) is 7.88. The van der Waals surface area contributed by atoms with Crippen LogP contribution in [0.4, 0.5) is 5.82 Å². The lowest BCUT2D eigenvalue weighted by atomic mass is 10.3. The van der Waals surface area contributed by atoms with Crippen LogP contribution >= 0.6 is 11.6 Å². The number of pyridine rings is 1. The average molecular weight is 393 g/mol. The first-order valence-electron chi connectivity index (χ1n) is 8.46. The number of carbonyl (C=O) groups is 2. The zero-order valence-electron chi connectivity index (χ0n) is 15.1. The summed E-state index contributed by atoms with van der Waals surface area (Å²) in [5.41, 5.74) is 0. The van der Waals surface area contributed by atoms with Gasteiger partial charge in [-0.1, -0.05) is 30.7 Å². The molecule has 0 unspecified atom stereocenters. The zero-order valence-corrected chi connectivity index (χ0v) is 15.9. The smallest absolute Gasteiger partial charge is 0.344 e. The third-order valence-corrected chi connectivity index (χ3v) is 3.54. The zero-order chi connectivity index (χ0) is 19.6. The summed E-state index contributed by atoms with van der Waals surface area (Å²) >= 11 is 5.74. The highest BCUT2D eigenvalue weighted by Crippen LogP contribution is 2.26. The summed E-state index contributed by atoms with van der Waals surface area (Å²) in [7, 11) is 0. The molecule has 1 aromatic carbocycles. The van der Waals surface area contributed by atoms with E-state index in [4.69, 9.17) is 25.8 Å². The van der Waals surface area contributed by atoms with E-state index in [1.165, 1.54) is 13.1 Å². The fourth-order valence-corrected chi connectivity index (χ4v) is 2.11. The van der Waals surface area contributed by atoms with Gasteiger partial charge in [0.1, 0.15) is 5.82 Å². The standard InChI is InChI=1S/C19H21ClN2O5/c1-3-10-25-15-6-4-5-7-16(15)26-12-18(23)27-13(2)19(24)22-17-9-8-14(20)11-21-17/h4-9,11,13H,3,10,12H2,1-2H3,(H,21,22,24)/t13-/m0/s1. The largest absolute Gasteiger partial charge is 0.490 e. The minimum absolute atomic E-state index is 0.311. The molecule has 1 heterocycles. The molecule has 1 atom stereocenters. The van der Waals surface area contributed by atoms with Crippen LogP contribution in [0.2, 0.25) is 5.02 Å². The van der Waals surface area contributed by atoms with E-state index in [1.807, 2.05) is 13.0 Å². The molecule has 27 heavy (non-hydrogen) atoms. The highest BCUT2D eigenvalue weighted by molar-refractivity contribution is 6.30. The summed E-state index contributed by atoms with van der Waals surface area (Å²) in [6.45, 7) is 3.65. The summed E-state index contributed by atoms with van der Waals surface area (Å²) in [5.74, 6) is 0.111. The van der Waals surface area contributed by atoms with Crippen molar-refractivity contribution in [3.8, 4) is 11.5 Å². The van der Waals surface area contributed by atoms with E-state index < -0.39 is 18.0 Å². The van der Waals surface area contributed by atoms with Gasteiger partial charge in [-0.2, -0.15) is 0 Å². The van der Waals surface area contributed by atoms with Crippen LogP contribution in [0.15, 0.2) is 42.6 Å². The lowest BCUT2D eigenvalue weighted by molar-refractivity contribution is -0.155. The van der Waals surface area contributed by atoms with Crippen molar-refractivity contribution in [3.63, 3.8) is 0 Å². The van der Waals surface area contributed by atoms with E-state index in [0.29, 0.717) is 28.9 Å². The second-order valence-electron chi connectivity index (χ2n) is 5.57. The van der Waals surface area contributed by atoms with Crippen LogP contribution in [0.1, 0.15) is 20.3 Å². The molecule has 0 saturated carbocycles. The molecule has 2 aromatic rings. The van der Waals surface area contributed by atoms with Gasteiger partial charge in [-0.15, -0.1) is 0 Å². The number of esters is 1. The first-order chi connectivity index (χ1) is 13.0. The van der Waals surface area contributed by atoms with Crippen molar-refractivity contribution in [1.82, 2.24) is 4.98 Å². The van der Waals surface area contributed by atoms with Crippen LogP contribution in [-0.2, 0) is 14.3 Å². The molecule has 1 amide bonds. The maximum absolute atomic E-state index is 12.1. The second-order valence-corrected chi connectivity index (χ2v) is 6.00. The van der Waals surface area contributed by atoms with Gasteiger partial charge < -0.3 is 19.5 Å². The molecule has 0 spiro atoms. The second kappa shape index (κ2) is 10.4. The number of para-hydroxylation sites is 2. The average Bonchev–Trinajstić information content (AvgIpc) is 2.67. The van der Waals surface area contributed by atoms with E-state index in [9.17, 15) is 9.59 Å². The Hall–Kier alpha value is -2.80. The Bertz CT molecular complexity index is 767. The van der Waals surface area contributed by atoms with Crippen LogP contribution in [0, 0.1) is 0 Å². The molecular weight excluding hydrogens is 372 g/mol. The third-order valence-electron chi connectivity index (χ3n) is 3.31. The Morgan fingerprint density at radius 1 is 1.15 bits per heavy atom. The SMILES string of the molecule is CCCOc1ccccc1OCC(=O)O[C@@H](C)C(=O)Nc1ccc(Cl)cn1. The van der Waals surface area contributed by atoms with E-state index in [0.717, 1.165) is 6.42 Å². The van der Waals surface area contributed by atoms with Crippen molar-refractivity contribution in [2.24, 2.45) is 0 Å². The third kappa shape index (κ3) is 6.79. The fraction of sp³-hybridized carbons (Fsp3) is 0.316. The molecule has 7 nitrogen and oxygen atoms in total. The molecule has 8 heteroatoms. The highest BCUT2D eigenvalue weighted by atomic mass is 35.5. The molecule has 144 valence electrons. The van der Waals surface area contributed by atoms with Gasteiger partial charge in [0.2, 0.25) is 0 Å². The maximum Gasteiger partial charge on any atom is 0.344 e. The number of hydrogen-bond acceptors (Lipinski definition) is 6. The number of ether oxygens (including phenoxy) is 3. The molecule has 0 aliphatic rings. The van der Waals surface area contributed by atoms with Gasteiger partial charge in [0.05, 0.1) is 11.6 Å². The predicted molar refractivity (Wildman–Crippen MR) is 101 cm³/mol. The number of nitrogens with zero attached hydrogens (tertiary/aromatic N) is 1. The lowest BCUT2D eigenvalue weighted by Gasteiger charge is -2.15. The van der Waals surface area contributed by atoms with Crippen molar-refractivity contribution >= 4 is 29.3 Å². The predicted octanol–water partition coefficient (Wildman–Crippen LogP) is 3.47. The number of hydrogen-bond donors (Lipinski definition) is 1. The molecule has 0 saturated heterocycles. The van der Waals surface area contributed by atoms with Crippen LogP contribution in [0.3, 0.4) is 0 Å². The molecule has 0 aliphatic heterocycles. The Morgan fingerprint density at radius 3 is 2.48 bits per heavy atom. The van der Waals surface area contributed by atoms with E-state index in [1.54, 1.807) is 30.3 Å². The summed E-state index contributed by atoms with van der Waals surface area (Å²) in [6.07, 6.45) is 1.25. The lowest BCUT2D eigenvalue weighted by Crippen LogP contribution is -2.32. The summed E-state index contributed by atoms with van der Waals surface area (Å²) in [6, 6.07) is 10.2. The van der Waals surface area contributed by atoms with E-state index >= 15 is 0 Å². The quantitative estimate of drug-likeness (QED) is 0.657. The number of carbonyl (C=O) groups excluding carboxylic acids is 2. The topological polar surface area (TPSA) is 86.8 Å². The normalized spacial score (nSPS) is 11.4. The van der Waals surface area contributed by atoms with Gasteiger partial charge in [0.25, 0.3) is 5.91 Å². The van der Waals surface area contributed by atoms with Crippen molar-refractivity contribution in [2.45, 2.75) is 26.4 Å². The Morgan fingerprint density at radius 2 is 1.85 bits per heavy atom. The number of nitrogens with one attached hydrogen (secondary N) is 1. The van der Waals surface area contributed by atoms with Crippen LogP contribution < -0.4 is 14.8 Å². The van der Waals surface area contributed by atoms with Crippen molar-refractivity contribution in [1.29, 1.82) is 0 Å². The molecule has 0 fully saturated rings. The summed E-state index contributed by atoms with van der Waals surface area (Å²) in [4.78, 5) is 28.0. The summed E-state index contributed by atoms with van der Waals surface area (Å²) < 4.78 is 16.1. The number of benzene rings is 1. The molecule has 0 radical (unpaired) electrons. The fourth-order valence-electron chi connectivity index (χ4n) is 2.00. The first-order valence-corrected chi connectivity index (χ1v) is 8.84. The summed E-state index contributed by atoms with van der Waals surface area (Å²) in [5, 5.41) is 2.99. The molecule has 0 bridgehead atoms. The maximum atomic E-state index is 12.1. The van der Waals surface area contributed by atoms with Gasteiger partial charge >= 0.3 is 5.97 Å². The first kappa shape index (κ1) is 20.5. The van der Waals surface area contributed by atoms with Gasteiger partial charge in [0, 0.05) is 6.20 Å². The monoisotopic (exact) mass is 392 g/mol. The van der Waals surface area contributed by atoms with Crippen molar-refractivity contribution < 1.29 is 23.8 Å². The Labute approximate surface area is 162 Å². The van der Waals surface area contributed by atoms with Crippen molar-refractivity contribution in [3.05, 3.63) is 47.6 Å². The van der Waals surface area contributed by atoms with Gasteiger partial charge in [-0.3, -0.25) is 4.79 Å². The van der Waals surface area contributed by atoms with Crippen LogP contribution in [0.25, 0.3) is 0 Å². The van der Waals surface area contributed by atoms with Crippen LogP contribution in [0.5, 0.6) is 11.5 Å². The minimum atomic E-state index is -1.01. The molecule has 0 aliphatic carbocycles. The van der Waals surface area contributed by atoms with Crippen molar-refractivity contribution in [2.75, 3.05) is 18.5 Å². The number of amides is 1.